The van der Waals surface area contributed by atoms with Gasteiger partial charge < -0.3 is 21.5 Å². The molecule has 2 atom stereocenters. The molecule has 0 bridgehead atoms. The normalized spacial score (nSPS) is 13.5. The first-order valence-corrected chi connectivity index (χ1v) is 11.5. The van der Waals surface area contributed by atoms with Crippen LogP contribution in [-0.4, -0.2) is 33.4 Å². The predicted octanol–water partition coefficient (Wildman–Crippen LogP) is 4.52. The summed E-state index contributed by atoms with van der Waals surface area (Å²) in [6, 6.07) is 9.63. The molecule has 0 aliphatic rings. The summed E-state index contributed by atoms with van der Waals surface area (Å²) in [4.78, 5) is 29.2. The van der Waals surface area contributed by atoms with E-state index in [9.17, 15) is 14.7 Å². The lowest BCUT2D eigenvalue weighted by Crippen LogP contribution is -2.27. The number of rotatable bonds is 7. The van der Waals surface area contributed by atoms with Crippen molar-refractivity contribution in [3.05, 3.63) is 73.5 Å². The Kier molecular flexibility index (Phi) is 7.80. The summed E-state index contributed by atoms with van der Waals surface area (Å²) in [5.41, 5.74) is 7.93. The van der Waals surface area contributed by atoms with Crippen molar-refractivity contribution in [1.29, 1.82) is 0 Å². The Morgan fingerprint density at radius 3 is 2.58 bits per heavy atom. The quantitative estimate of drug-likeness (QED) is 0.236. The second-order valence-electron chi connectivity index (χ2n) is 7.44. The van der Waals surface area contributed by atoms with Crippen LogP contribution in [0.5, 0.6) is 0 Å². The average molecular weight is 508 g/mol. The molecule has 3 rings (SSSR count). The predicted molar refractivity (Wildman–Crippen MR) is 136 cm³/mol. The van der Waals surface area contributed by atoms with Gasteiger partial charge in [0.25, 0.3) is 11.5 Å². The molecule has 174 valence electrons. The standard InChI is InChI=1S/C22H23Cl2N5O3S/c1-10-5-4-6-15(23)18(10)28-20(31)14-8-7-13(9-16(14)24)27-22-17(21(32)29-33-22)19(25)26-11(2)12(3)30/h4-9,11-12,27,30H,1-3H3,(H2,25,26)(H,28,31)(H,29,32). The summed E-state index contributed by atoms with van der Waals surface area (Å²) in [6.45, 7) is 5.12. The van der Waals surface area contributed by atoms with Gasteiger partial charge in [0, 0.05) is 5.69 Å². The molecule has 0 saturated carbocycles. The van der Waals surface area contributed by atoms with Gasteiger partial charge in [-0.25, -0.2) is 0 Å². The van der Waals surface area contributed by atoms with Crippen LogP contribution >= 0.6 is 34.7 Å². The highest BCUT2D eigenvalue weighted by molar-refractivity contribution is 7.10. The van der Waals surface area contributed by atoms with Crippen LogP contribution in [0, 0.1) is 6.92 Å². The molecule has 1 amide bonds. The average Bonchev–Trinajstić information content (AvgIpc) is 3.10. The van der Waals surface area contributed by atoms with Gasteiger partial charge in [0.1, 0.15) is 16.4 Å². The minimum Gasteiger partial charge on any atom is -0.391 e. The summed E-state index contributed by atoms with van der Waals surface area (Å²) in [6.07, 6.45) is -0.718. The molecule has 11 heteroatoms. The smallest absolute Gasteiger partial charge is 0.271 e. The van der Waals surface area contributed by atoms with E-state index in [1.165, 1.54) is 0 Å². The fraction of sp³-hybridized carbons (Fsp3) is 0.227. The van der Waals surface area contributed by atoms with Gasteiger partial charge in [0.05, 0.1) is 33.4 Å². The molecule has 6 N–H and O–H groups in total. The number of carbonyl (C=O) groups is 1. The summed E-state index contributed by atoms with van der Waals surface area (Å²) in [5, 5.41) is 16.6. The van der Waals surface area contributed by atoms with E-state index < -0.39 is 23.6 Å². The van der Waals surface area contributed by atoms with Crippen LogP contribution in [0.3, 0.4) is 0 Å². The summed E-state index contributed by atoms with van der Waals surface area (Å²) in [5.74, 6) is -0.399. The molecule has 2 aromatic carbocycles. The van der Waals surface area contributed by atoms with Crippen molar-refractivity contribution in [3.8, 4) is 0 Å². The molecule has 1 aromatic heterocycles. The zero-order valence-corrected chi connectivity index (χ0v) is 20.4. The lowest BCUT2D eigenvalue weighted by molar-refractivity contribution is 0.102. The molecule has 8 nitrogen and oxygen atoms in total. The van der Waals surface area contributed by atoms with Crippen LogP contribution in [-0.2, 0) is 0 Å². The molecule has 0 spiro atoms. The van der Waals surface area contributed by atoms with Gasteiger partial charge in [-0.1, -0.05) is 35.3 Å². The fourth-order valence-corrected chi connectivity index (χ4v) is 4.19. The number of aromatic nitrogens is 1. The van der Waals surface area contributed by atoms with Crippen molar-refractivity contribution >= 4 is 62.9 Å². The summed E-state index contributed by atoms with van der Waals surface area (Å²) in [7, 11) is 0. The van der Waals surface area contributed by atoms with E-state index in [4.69, 9.17) is 28.9 Å². The third kappa shape index (κ3) is 5.75. The number of aliphatic hydroxyl groups excluding tert-OH is 1. The Balaban J connectivity index is 1.83. The largest absolute Gasteiger partial charge is 0.391 e. The van der Waals surface area contributed by atoms with Crippen molar-refractivity contribution < 1.29 is 9.90 Å². The number of nitrogens with zero attached hydrogens (tertiary/aromatic N) is 1. The van der Waals surface area contributed by atoms with Gasteiger partial charge in [-0.15, -0.1) is 0 Å². The van der Waals surface area contributed by atoms with E-state index in [1.807, 2.05) is 13.0 Å². The molecule has 0 saturated heterocycles. The number of carbonyl (C=O) groups excluding carboxylic acids is 1. The van der Waals surface area contributed by atoms with Crippen molar-refractivity contribution in [2.24, 2.45) is 10.7 Å². The Labute approximate surface area is 204 Å². The topological polar surface area (TPSA) is 133 Å². The number of para-hydroxylation sites is 1. The Morgan fingerprint density at radius 2 is 1.94 bits per heavy atom. The fourth-order valence-electron chi connectivity index (χ4n) is 2.89. The van der Waals surface area contributed by atoms with Gasteiger partial charge in [-0.05, 0) is 62.1 Å². The number of amidine groups is 1. The van der Waals surface area contributed by atoms with Crippen LogP contribution in [0.15, 0.2) is 46.2 Å². The Morgan fingerprint density at radius 1 is 1.21 bits per heavy atom. The molecular weight excluding hydrogens is 485 g/mol. The number of aliphatic hydroxyl groups is 1. The van der Waals surface area contributed by atoms with Crippen LogP contribution in [0.1, 0.15) is 35.3 Å². The summed E-state index contributed by atoms with van der Waals surface area (Å²) >= 11 is 13.6. The van der Waals surface area contributed by atoms with E-state index in [0.29, 0.717) is 21.4 Å². The van der Waals surface area contributed by atoms with E-state index in [-0.39, 0.29) is 22.0 Å². The number of halogens is 2. The number of amides is 1. The van der Waals surface area contributed by atoms with Crippen LogP contribution in [0.4, 0.5) is 16.4 Å². The van der Waals surface area contributed by atoms with Gasteiger partial charge in [0.15, 0.2) is 0 Å². The van der Waals surface area contributed by atoms with Gasteiger partial charge in [-0.2, -0.15) is 0 Å². The van der Waals surface area contributed by atoms with Gasteiger partial charge in [-0.3, -0.25) is 19.0 Å². The molecule has 1 heterocycles. The lowest BCUT2D eigenvalue weighted by atomic mass is 10.1. The van der Waals surface area contributed by atoms with Crippen molar-refractivity contribution in [1.82, 2.24) is 4.37 Å². The van der Waals surface area contributed by atoms with Gasteiger partial charge in [0.2, 0.25) is 0 Å². The third-order valence-corrected chi connectivity index (χ3v) is 6.35. The number of anilines is 3. The van der Waals surface area contributed by atoms with E-state index in [2.05, 4.69) is 20.0 Å². The van der Waals surface area contributed by atoms with E-state index in [0.717, 1.165) is 17.1 Å². The SMILES string of the molecule is Cc1cccc(Cl)c1NC(=O)c1ccc(Nc2s[nH]c(=O)c2C(N)=NC(C)C(C)O)cc1Cl. The number of aliphatic imine (C=N–C) groups is 1. The number of aromatic amines is 1. The van der Waals surface area contributed by atoms with E-state index >= 15 is 0 Å². The van der Waals surface area contributed by atoms with Crippen molar-refractivity contribution in [2.45, 2.75) is 32.9 Å². The van der Waals surface area contributed by atoms with Crippen molar-refractivity contribution in [2.75, 3.05) is 10.6 Å². The zero-order valence-electron chi connectivity index (χ0n) is 18.1. The van der Waals surface area contributed by atoms with Crippen molar-refractivity contribution in [3.63, 3.8) is 0 Å². The number of hydrogen-bond acceptors (Lipinski definition) is 6. The third-order valence-electron chi connectivity index (χ3n) is 4.93. The molecular formula is C22H23Cl2N5O3S. The maximum Gasteiger partial charge on any atom is 0.271 e. The summed E-state index contributed by atoms with van der Waals surface area (Å²) < 4.78 is 2.61. The second kappa shape index (κ2) is 10.4. The minimum atomic E-state index is -0.718. The van der Waals surface area contributed by atoms with Crippen LogP contribution < -0.4 is 21.9 Å². The highest BCUT2D eigenvalue weighted by atomic mass is 35.5. The van der Waals surface area contributed by atoms with E-state index in [1.54, 1.807) is 44.2 Å². The zero-order chi connectivity index (χ0) is 24.3. The lowest BCUT2D eigenvalue weighted by Gasteiger charge is -2.13. The minimum absolute atomic E-state index is 0.00519. The number of hydrogen-bond donors (Lipinski definition) is 5. The first-order chi connectivity index (χ1) is 15.6. The Hall–Kier alpha value is -2.85. The number of nitrogens with one attached hydrogen (secondary N) is 3. The molecule has 0 aliphatic heterocycles. The molecule has 2 unspecified atom stereocenters. The number of H-pyrrole nitrogens is 1. The first kappa shape index (κ1) is 24.8. The molecule has 0 radical (unpaired) electrons. The number of nitrogens with two attached hydrogens (primary N) is 1. The van der Waals surface area contributed by atoms with Gasteiger partial charge >= 0.3 is 0 Å². The first-order valence-electron chi connectivity index (χ1n) is 9.94. The highest BCUT2D eigenvalue weighted by Crippen LogP contribution is 2.29. The molecule has 33 heavy (non-hydrogen) atoms. The maximum absolute atomic E-state index is 12.7. The molecule has 3 aromatic rings. The monoisotopic (exact) mass is 507 g/mol. The van der Waals surface area contributed by atoms with Crippen LogP contribution in [0.25, 0.3) is 0 Å². The maximum atomic E-state index is 12.7. The molecule has 0 fully saturated rings. The number of aryl methyl sites for hydroxylation is 1. The Bertz CT molecular complexity index is 1250. The van der Waals surface area contributed by atoms with Crippen LogP contribution in [0.2, 0.25) is 10.0 Å². The highest BCUT2D eigenvalue weighted by Gasteiger charge is 2.18. The molecule has 0 aliphatic carbocycles. The number of benzene rings is 2. The second-order valence-corrected chi connectivity index (χ2v) is 9.07.